The summed E-state index contributed by atoms with van der Waals surface area (Å²) in [5.74, 6) is 0.594. The summed E-state index contributed by atoms with van der Waals surface area (Å²) in [6, 6.07) is 13.2. The van der Waals surface area contributed by atoms with Crippen molar-refractivity contribution in [3.8, 4) is 5.75 Å². The van der Waals surface area contributed by atoms with Crippen molar-refractivity contribution in [3.05, 3.63) is 59.1 Å². The van der Waals surface area contributed by atoms with Gasteiger partial charge >= 0.3 is 0 Å². The number of thiazole rings is 1. The van der Waals surface area contributed by atoms with Crippen LogP contribution in [0.1, 0.15) is 18.4 Å². The number of ether oxygens (including phenoxy) is 2. The molecule has 1 saturated heterocycles. The largest absolute Gasteiger partial charge is 0.497 e. The van der Waals surface area contributed by atoms with Crippen LogP contribution in [0.4, 0.5) is 5.13 Å². The van der Waals surface area contributed by atoms with Crippen LogP contribution in [-0.2, 0) is 9.53 Å². The van der Waals surface area contributed by atoms with Crippen LogP contribution in [0.5, 0.6) is 5.75 Å². The minimum Gasteiger partial charge on any atom is -0.497 e. The van der Waals surface area contributed by atoms with Gasteiger partial charge in [-0.05, 0) is 42.7 Å². The molecule has 7 heteroatoms. The summed E-state index contributed by atoms with van der Waals surface area (Å²) in [5.41, 5.74) is 1.61. The Labute approximate surface area is 178 Å². The van der Waals surface area contributed by atoms with Gasteiger partial charge in [0.25, 0.3) is 5.91 Å². The van der Waals surface area contributed by atoms with E-state index in [4.69, 9.17) is 21.1 Å². The van der Waals surface area contributed by atoms with Crippen LogP contribution in [0.3, 0.4) is 0 Å². The third kappa shape index (κ3) is 4.61. The van der Waals surface area contributed by atoms with E-state index in [2.05, 4.69) is 4.98 Å². The van der Waals surface area contributed by atoms with E-state index in [9.17, 15) is 4.79 Å². The molecule has 1 aliphatic heterocycles. The Morgan fingerprint density at radius 2 is 2.24 bits per heavy atom. The summed E-state index contributed by atoms with van der Waals surface area (Å²) in [7, 11) is 1.63. The van der Waals surface area contributed by atoms with Crippen molar-refractivity contribution < 1.29 is 14.3 Å². The number of carbonyl (C=O) groups is 1. The number of carbonyl (C=O) groups excluding carboxylic acids is 1. The van der Waals surface area contributed by atoms with Gasteiger partial charge in [-0.15, -0.1) is 0 Å². The molecular weight excluding hydrogens is 408 g/mol. The van der Waals surface area contributed by atoms with Crippen molar-refractivity contribution in [1.29, 1.82) is 0 Å². The fourth-order valence-corrected chi connectivity index (χ4v) is 4.41. The molecule has 150 valence electrons. The predicted molar refractivity (Wildman–Crippen MR) is 118 cm³/mol. The van der Waals surface area contributed by atoms with Crippen LogP contribution in [0.25, 0.3) is 16.3 Å². The molecule has 1 unspecified atom stereocenters. The molecule has 5 nitrogen and oxygen atoms in total. The first kappa shape index (κ1) is 19.9. The second-order valence-corrected chi connectivity index (χ2v) is 8.19. The Morgan fingerprint density at radius 3 is 3.00 bits per heavy atom. The predicted octanol–water partition coefficient (Wildman–Crippen LogP) is 5.18. The summed E-state index contributed by atoms with van der Waals surface area (Å²) in [6.07, 6.45) is 5.26. The molecule has 0 saturated carbocycles. The molecule has 1 amide bonds. The summed E-state index contributed by atoms with van der Waals surface area (Å²) in [5, 5.41) is 1.26. The van der Waals surface area contributed by atoms with Crippen LogP contribution in [0.2, 0.25) is 5.02 Å². The Morgan fingerprint density at radius 1 is 1.38 bits per heavy atom. The summed E-state index contributed by atoms with van der Waals surface area (Å²) < 4.78 is 12.1. The van der Waals surface area contributed by atoms with Gasteiger partial charge in [-0.3, -0.25) is 9.69 Å². The van der Waals surface area contributed by atoms with E-state index in [0.717, 1.165) is 41.0 Å². The van der Waals surface area contributed by atoms with Gasteiger partial charge < -0.3 is 9.47 Å². The van der Waals surface area contributed by atoms with Crippen molar-refractivity contribution in [2.45, 2.75) is 18.9 Å². The van der Waals surface area contributed by atoms with Crippen LogP contribution < -0.4 is 9.64 Å². The molecule has 29 heavy (non-hydrogen) atoms. The minimum atomic E-state index is -0.147. The molecule has 0 aliphatic carbocycles. The highest BCUT2D eigenvalue weighted by Crippen LogP contribution is 2.32. The Balaban J connectivity index is 1.63. The van der Waals surface area contributed by atoms with Crippen molar-refractivity contribution in [2.75, 3.05) is 25.2 Å². The van der Waals surface area contributed by atoms with Gasteiger partial charge in [0.15, 0.2) is 5.13 Å². The van der Waals surface area contributed by atoms with Crippen LogP contribution >= 0.6 is 22.9 Å². The van der Waals surface area contributed by atoms with Gasteiger partial charge in [0.2, 0.25) is 0 Å². The molecular formula is C22H21ClN2O3S. The number of halogens is 1. The normalized spacial score (nSPS) is 16.6. The zero-order valence-corrected chi connectivity index (χ0v) is 17.6. The van der Waals surface area contributed by atoms with Gasteiger partial charge in [0, 0.05) is 23.8 Å². The SMILES string of the molecule is COc1ccc2sc(N(CC3CCCO3)C(=O)/C=C/c3ccccc3Cl)nc2c1. The molecule has 0 bridgehead atoms. The third-order valence-corrected chi connectivity index (χ3v) is 6.20. The molecule has 1 atom stereocenters. The fraction of sp³-hybridized carbons (Fsp3) is 0.273. The van der Waals surface area contributed by atoms with E-state index in [0.29, 0.717) is 16.7 Å². The standard InChI is InChI=1S/C22H21ClN2O3S/c1-27-16-9-10-20-19(13-16)24-22(29-20)25(14-17-6-4-12-28-17)21(26)11-8-15-5-2-3-7-18(15)23/h2-3,5,7-11,13,17H,4,6,12,14H2,1H3/b11-8+. The van der Waals surface area contributed by atoms with Gasteiger partial charge in [0.05, 0.1) is 30.0 Å². The lowest BCUT2D eigenvalue weighted by molar-refractivity contribution is -0.114. The molecule has 0 radical (unpaired) electrons. The first-order chi connectivity index (χ1) is 14.1. The maximum atomic E-state index is 13.1. The highest BCUT2D eigenvalue weighted by Gasteiger charge is 2.25. The topological polar surface area (TPSA) is 51.7 Å². The quantitative estimate of drug-likeness (QED) is 0.507. The molecule has 0 spiro atoms. The number of hydrogen-bond acceptors (Lipinski definition) is 5. The molecule has 2 aromatic carbocycles. The molecule has 0 N–H and O–H groups in total. The summed E-state index contributed by atoms with van der Waals surface area (Å²) in [4.78, 5) is 19.5. The Hall–Kier alpha value is -2.41. The maximum absolute atomic E-state index is 13.1. The number of methoxy groups -OCH3 is 1. The first-order valence-electron chi connectivity index (χ1n) is 9.44. The number of fused-ring (bicyclic) bond motifs is 1. The van der Waals surface area contributed by atoms with E-state index in [1.807, 2.05) is 36.4 Å². The number of benzene rings is 2. The first-order valence-corrected chi connectivity index (χ1v) is 10.6. The lowest BCUT2D eigenvalue weighted by Crippen LogP contribution is -2.36. The number of aromatic nitrogens is 1. The van der Waals surface area contributed by atoms with E-state index in [1.54, 1.807) is 30.2 Å². The van der Waals surface area contributed by atoms with E-state index < -0.39 is 0 Å². The van der Waals surface area contributed by atoms with Crippen LogP contribution in [0, 0.1) is 0 Å². The molecule has 1 aliphatic rings. The van der Waals surface area contributed by atoms with Gasteiger partial charge in [0.1, 0.15) is 5.75 Å². The van der Waals surface area contributed by atoms with Crippen molar-refractivity contribution >= 4 is 50.3 Å². The average molecular weight is 429 g/mol. The average Bonchev–Trinajstić information content (AvgIpc) is 3.40. The Kier molecular flexibility index (Phi) is 6.13. The van der Waals surface area contributed by atoms with Gasteiger partial charge in [-0.25, -0.2) is 4.98 Å². The van der Waals surface area contributed by atoms with Gasteiger partial charge in [-0.2, -0.15) is 0 Å². The number of nitrogens with zero attached hydrogens (tertiary/aromatic N) is 2. The molecule has 4 rings (SSSR count). The van der Waals surface area contributed by atoms with E-state index >= 15 is 0 Å². The maximum Gasteiger partial charge on any atom is 0.252 e. The smallest absolute Gasteiger partial charge is 0.252 e. The number of amides is 1. The van der Waals surface area contributed by atoms with Crippen LogP contribution in [-0.4, -0.2) is 37.3 Å². The Bertz CT molecular complexity index is 1040. The van der Waals surface area contributed by atoms with Gasteiger partial charge in [-0.1, -0.05) is 41.1 Å². The highest BCUT2D eigenvalue weighted by molar-refractivity contribution is 7.22. The fourth-order valence-electron chi connectivity index (χ4n) is 3.25. The van der Waals surface area contributed by atoms with Crippen molar-refractivity contribution in [2.24, 2.45) is 0 Å². The second-order valence-electron chi connectivity index (χ2n) is 6.77. The second kappa shape index (κ2) is 8.95. The highest BCUT2D eigenvalue weighted by atomic mass is 35.5. The summed E-state index contributed by atoms with van der Waals surface area (Å²) in [6.45, 7) is 1.21. The van der Waals surface area contributed by atoms with E-state index in [1.165, 1.54) is 11.3 Å². The molecule has 1 aromatic heterocycles. The third-order valence-electron chi connectivity index (χ3n) is 4.80. The minimum absolute atomic E-state index is 0.0224. The molecule has 1 fully saturated rings. The number of hydrogen-bond donors (Lipinski definition) is 0. The molecule has 2 heterocycles. The van der Waals surface area contributed by atoms with Crippen molar-refractivity contribution in [1.82, 2.24) is 4.98 Å². The zero-order chi connectivity index (χ0) is 20.2. The summed E-state index contributed by atoms with van der Waals surface area (Å²) >= 11 is 7.69. The van der Waals surface area contributed by atoms with Crippen LogP contribution in [0.15, 0.2) is 48.5 Å². The zero-order valence-electron chi connectivity index (χ0n) is 16.0. The monoisotopic (exact) mass is 428 g/mol. The number of anilines is 1. The lowest BCUT2D eigenvalue weighted by Gasteiger charge is -2.21. The van der Waals surface area contributed by atoms with Crippen molar-refractivity contribution in [3.63, 3.8) is 0 Å². The molecule has 3 aromatic rings. The lowest BCUT2D eigenvalue weighted by atomic mass is 10.2. The number of rotatable bonds is 6. The van der Waals surface area contributed by atoms with E-state index in [-0.39, 0.29) is 12.0 Å².